The summed E-state index contributed by atoms with van der Waals surface area (Å²) in [4.78, 5) is 22.8. The van der Waals surface area contributed by atoms with E-state index in [9.17, 15) is 18.0 Å². The monoisotopic (exact) mass is 535 g/mol. The van der Waals surface area contributed by atoms with Gasteiger partial charge in [0.25, 0.3) is 17.6 Å². The first kappa shape index (κ1) is 27.4. The Morgan fingerprint density at radius 2 is 1.89 bits per heavy atom. The third kappa shape index (κ3) is 7.38. The molecule has 0 unspecified atom stereocenters. The summed E-state index contributed by atoms with van der Waals surface area (Å²) in [7, 11) is 1.48. The highest BCUT2D eigenvalue weighted by Crippen LogP contribution is 2.30. The molecule has 2 aromatic heterocycles. The number of anilines is 3. The van der Waals surface area contributed by atoms with Crippen molar-refractivity contribution in [2.45, 2.75) is 12.6 Å². The number of nitrogen functional groups attached to an aromatic ring is 1. The van der Waals surface area contributed by atoms with E-state index in [1.807, 2.05) is 30.3 Å². The second kappa shape index (κ2) is 12.1. The lowest BCUT2D eigenvalue weighted by Gasteiger charge is -2.09. The number of carbonyl (C=O) groups excluding carboxylic acids is 1. The van der Waals surface area contributed by atoms with Gasteiger partial charge < -0.3 is 26.0 Å². The van der Waals surface area contributed by atoms with E-state index < -0.39 is 17.9 Å². The second-order valence-electron chi connectivity index (χ2n) is 7.27. The number of amides is 1. The molecule has 2 heterocycles. The number of nitrogens with one attached hydrogen (secondary N) is 2. The topological polar surface area (TPSA) is 152 Å². The molecule has 0 saturated carbocycles. The zero-order chi connectivity index (χ0) is 27.0. The van der Waals surface area contributed by atoms with E-state index in [0.29, 0.717) is 5.69 Å². The third-order valence-electron chi connectivity index (χ3n) is 4.67. The summed E-state index contributed by atoms with van der Waals surface area (Å²) in [5.74, 6) is -2.38. The quantitative estimate of drug-likeness (QED) is 0.286. The Labute approximate surface area is 213 Å². The van der Waals surface area contributed by atoms with Crippen LogP contribution in [0.4, 0.5) is 30.6 Å². The number of hydrogen-bond acceptors (Lipinski definition) is 9. The molecule has 0 saturated heterocycles. The Morgan fingerprint density at radius 1 is 1.16 bits per heavy atom. The number of aliphatic hydroxyl groups excluding tert-OH is 1. The molecular weight excluding hydrogens is 515 g/mol. The van der Waals surface area contributed by atoms with Crippen molar-refractivity contribution in [2.24, 2.45) is 0 Å². The summed E-state index contributed by atoms with van der Waals surface area (Å²) in [6.07, 6.45) is -2.85. The van der Waals surface area contributed by atoms with Crippen molar-refractivity contribution in [1.82, 2.24) is 25.4 Å². The maximum atomic E-state index is 12.6. The van der Waals surface area contributed by atoms with Crippen molar-refractivity contribution in [3.8, 4) is 11.5 Å². The lowest BCUT2D eigenvalue weighted by atomic mass is 10.2. The van der Waals surface area contributed by atoms with Gasteiger partial charge in [-0.05, 0) is 30.2 Å². The number of aliphatic hydroxyl groups is 1. The first-order valence-corrected chi connectivity index (χ1v) is 11.0. The van der Waals surface area contributed by atoms with Gasteiger partial charge in [-0.15, -0.1) is 0 Å². The van der Waals surface area contributed by atoms with Crippen molar-refractivity contribution in [2.75, 3.05) is 24.7 Å². The SMILES string of the molecule is CNC(=O)c1ccc(Nc2ncc(-c3nc(C(F)(F)F)no3)c(N)n2)cc1Cl.OCCc1ccccc1. The molecule has 0 aliphatic rings. The highest BCUT2D eigenvalue weighted by molar-refractivity contribution is 6.34. The van der Waals surface area contributed by atoms with Gasteiger partial charge in [-0.1, -0.05) is 47.1 Å². The van der Waals surface area contributed by atoms with E-state index in [1.165, 1.54) is 24.7 Å². The predicted octanol–water partition coefficient (Wildman–Crippen LogP) is 4.11. The first-order chi connectivity index (χ1) is 17.6. The zero-order valence-corrected chi connectivity index (χ0v) is 20.0. The zero-order valence-electron chi connectivity index (χ0n) is 19.3. The number of rotatable bonds is 6. The van der Waals surface area contributed by atoms with Crippen molar-refractivity contribution in [3.63, 3.8) is 0 Å². The van der Waals surface area contributed by atoms with Gasteiger partial charge in [0, 0.05) is 25.5 Å². The fourth-order valence-corrected chi connectivity index (χ4v) is 3.15. The van der Waals surface area contributed by atoms with E-state index in [-0.39, 0.29) is 40.4 Å². The Hall–Kier alpha value is -4.23. The predicted molar refractivity (Wildman–Crippen MR) is 130 cm³/mol. The van der Waals surface area contributed by atoms with Crippen LogP contribution in [0.2, 0.25) is 5.02 Å². The molecule has 5 N–H and O–H groups in total. The lowest BCUT2D eigenvalue weighted by Crippen LogP contribution is -2.18. The van der Waals surface area contributed by atoms with Crippen LogP contribution >= 0.6 is 11.6 Å². The molecule has 2 aromatic carbocycles. The van der Waals surface area contributed by atoms with Gasteiger partial charge in [0.15, 0.2) is 0 Å². The fourth-order valence-electron chi connectivity index (χ4n) is 2.88. The number of nitrogens with two attached hydrogens (primary N) is 1. The average molecular weight is 536 g/mol. The number of nitrogens with zero attached hydrogens (tertiary/aromatic N) is 4. The van der Waals surface area contributed by atoms with Gasteiger partial charge in [-0.2, -0.15) is 23.1 Å². The molecule has 0 fully saturated rings. The Kier molecular flexibility index (Phi) is 8.98. The van der Waals surface area contributed by atoms with Gasteiger partial charge in [0.05, 0.1) is 10.6 Å². The van der Waals surface area contributed by atoms with Crippen LogP contribution in [0.5, 0.6) is 0 Å². The van der Waals surface area contributed by atoms with E-state index in [2.05, 4.69) is 35.3 Å². The minimum Gasteiger partial charge on any atom is -0.396 e. The molecule has 1 amide bonds. The van der Waals surface area contributed by atoms with Crippen LogP contribution in [-0.2, 0) is 12.6 Å². The van der Waals surface area contributed by atoms with Gasteiger partial charge in [-0.25, -0.2) is 4.98 Å². The van der Waals surface area contributed by atoms with Crippen LogP contribution in [0.1, 0.15) is 21.7 Å². The van der Waals surface area contributed by atoms with E-state index in [1.54, 1.807) is 6.07 Å². The van der Waals surface area contributed by atoms with Crippen LogP contribution in [0, 0.1) is 0 Å². The summed E-state index contributed by atoms with van der Waals surface area (Å²) < 4.78 is 42.3. The summed E-state index contributed by atoms with van der Waals surface area (Å²) in [6.45, 7) is 0.240. The van der Waals surface area contributed by atoms with E-state index in [4.69, 9.17) is 22.4 Å². The van der Waals surface area contributed by atoms with Gasteiger partial charge in [0.1, 0.15) is 11.4 Å². The Balaban J connectivity index is 0.000000356. The molecule has 4 rings (SSSR count). The molecule has 0 bridgehead atoms. The van der Waals surface area contributed by atoms with Gasteiger partial charge >= 0.3 is 6.18 Å². The molecule has 0 aliphatic heterocycles. The number of alkyl halides is 3. The van der Waals surface area contributed by atoms with Crippen LogP contribution in [0.25, 0.3) is 11.5 Å². The van der Waals surface area contributed by atoms with E-state index >= 15 is 0 Å². The van der Waals surface area contributed by atoms with Crippen molar-refractivity contribution in [1.29, 1.82) is 0 Å². The maximum Gasteiger partial charge on any atom is 0.455 e. The highest BCUT2D eigenvalue weighted by Gasteiger charge is 2.37. The van der Waals surface area contributed by atoms with Crippen molar-refractivity contribution < 1.29 is 27.6 Å². The number of hydrogen-bond donors (Lipinski definition) is 4. The average Bonchev–Trinajstić information content (AvgIpc) is 3.36. The highest BCUT2D eigenvalue weighted by atomic mass is 35.5. The lowest BCUT2D eigenvalue weighted by molar-refractivity contribution is -0.146. The summed E-state index contributed by atoms with van der Waals surface area (Å²) in [5.41, 5.74) is 7.64. The number of benzene rings is 2. The Bertz CT molecular complexity index is 1350. The maximum absolute atomic E-state index is 12.6. The molecule has 14 heteroatoms. The third-order valence-corrected chi connectivity index (χ3v) is 4.98. The molecule has 0 atom stereocenters. The largest absolute Gasteiger partial charge is 0.455 e. The fraction of sp³-hybridized carbons (Fsp3) is 0.174. The molecule has 0 radical (unpaired) electrons. The molecular formula is C23H21ClF3N7O3. The van der Waals surface area contributed by atoms with Crippen molar-refractivity contribution in [3.05, 3.63) is 76.7 Å². The van der Waals surface area contributed by atoms with Crippen LogP contribution in [0.3, 0.4) is 0 Å². The molecule has 194 valence electrons. The molecule has 37 heavy (non-hydrogen) atoms. The minimum atomic E-state index is -4.75. The molecule has 10 nitrogen and oxygen atoms in total. The number of halogens is 4. The van der Waals surface area contributed by atoms with Gasteiger partial charge in [0.2, 0.25) is 5.95 Å². The standard InChI is InChI=1S/C15H11ClF3N7O2.C8H10O/c1-21-11(27)7-3-2-6(4-9(7)16)23-14-22-5-8(10(20)24-14)12-25-13(26-28-12)15(17,18)19;9-7-6-8-4-2-1-3-5-8/h2-5H,1H3,(H,21,27)(H3,20,22,23,24);1-5,9H,6-7H2. The van der Waals surface area contributed by atoms with Crippen LogP contribution in [-0.4, -0.2) is 44.8 Å². The summed E-state index contributed by atoms with van der Waals surface area (Å²) >= 11 is 6.06. The number of carbonyl (C=O) groups is 1. The van der Waals surface area contributed by atoms with Crippen LogP contribution in [0.15, 0.2) is 59.3 Å². The molecule has 4 aromatic rings. The normalized spacial score (nSPS) is 10.9. The minimum absolute atomic E-state index is 0.0422. The summed E-state index contributed by atoms with van der Waals surface area (Å²) in [5, 5.41) is 16.8. The van der Waals surface area contributed by atoms with Crippen LogP contribution < -0.4 is 16.4 Å². The van der Waals surface area contributed by atoms with Gasteiger partial charge in [-0.3, -0.25) is 4.79 Å². The Morgan fingerprint density at radius 3 is 2.46 bits per heavy atom. The molecule has 0 aliphatic carbocycles. The molecule has 0 spiro atoms. The van der Waals surface area contributed by atoms with E-state index in [0.717, 1.165) is 12.6 Å². The smallest absolute Gasteiger partial charge is 0.396 e. The van der Waals surface area contributed by atoms with Crippen molar-refractivity contribution >= 4 is 35.0 Å². The first-order valence-electron chi connectivity index (χ1n) is 10.6. The second-order valence-corrected chi connectivity index (χ2v) is 7.68. The number of aromatic nitrogens is 4. The summed E-state index contributed by atoms with van der Waals surface area (Å²) in [6, 6.07) is 14.5.